The molecule has 0 atom stereocenters. The topological polar surface area (TPSA) is 29.3 Å². The number of nitrogens with zero attached hydrogens (tertiary/aromatic N) is 1. The van der Waals surface area contributed by atoms with Gasteiger partial charge in [0, 0.05) is 18.1 Å². The third-order valence-electron chi connectivity index (χ3n) is 3.69. The van der Waals surface area contributed by atoms with Crippen LogP contribution < -0.4 is 5.73 Å². The lowest BCUT2D eigenvalue weighted by molar-refractivity contribution is 0.0560. The maximum Gasteiger partial charge on any atom is 0.0331 e. The van der Waals surface area contributed by atoms with Crippen molar-refractivity contribution < 1.29 is 0 Å². The minimum Gasteiger partial charge on any atom is -0.329 e. The van der Waals surface area contributed by atoms with Gasteiger partial charge in [0.25, 0.3) is 0 Å². The van der Waals surface area contributed by atoms with Crippen molar-refractivity contribution in [3.05, 3.63) is 0 Å². The fraction of sp³-hybridized carbons (Fsp3) is 1.00. The third kappa shape index (κ3) is 2.23. The van der Waals surface area contributed by atoms with Crippen LogP contribution in [0.3, 0.4) is 0 Å². The zero-order chi connectivity index (χ0) is 9.90. The lowest BCUT2D eigenvalue weighted by atomic mass is 9.80. The average Bonchev–Trinajstić information content (AvgIpc) is 2.17. The molecule has 1 aliphatic carbocycles. The molecule has 1 rings (SSSR count). The number of hydrogen-bond donors (Lipinski definition) is 1. The van der Waals surface area contributed by atoms with Crippen molar-refractivity contribution in [1.82, 2.24) is 4.90 Å². The van der Waals surface area contributed by atoms with Gasteiger partial charge in [0.15, 0.2) is 0 Å². The van der Waals surface area contributed by atoms with Gasteiger partial charge in [0.1, 0.15) is 0 Å². The summed E-state index contributed by atoms with van der Waals surface area (Å²) in [4.78, 5) is 2.48. The zero-order valence-electron chi connectivity index (χ0n) is 9.34. The van der Waals surface area contributed by atoms with E-state index in [1.165, 1.54) is 32.1 Å². The van der Waals surface area contributed by atoms with E-state index >= 15 is 0 Å². The minimum absolute atomic E-state index is 0.312. The highest BCUT2D eigenvalue weighted by molar-refractivity contribution is 4.93. The Morgan fingerprint density at radius 2 is 1.77 bits per heavy atom. The van der Waals surface area contributed by atoms with Crippen LogP contribution in [0.2, 0.25) is 0 Å². The van der Waals surface area contributed by atoms with Crippen LogP contribution in [0.15, 0.2) is 0 Å². The standard InChI is InChI=1S/C11H24N2/c1-10(2)13(3)11(9-12)7-5-4-6-8-11/h10H,4-9,12H2,1-3H3. The summed E-state index contributed by atoms with van der Waals surface area (Å²) in [5.41, 5.74) is 6.25. The van der Waals surface area contributed by atoms with Gasteiger partial charge in [-0.15, -0.1) is 0 Å². The normalized spacial score (nSPS) is 22.6. The summed E-state index contributed by atoms with van der Waals surface area (Å²) < 4.78 is 0. The van der Waals surface area contributed by atoms with Gasteiger partial charge >= 0.3 is 0 Å². The largest absolute Gasteiger partial charge is 0.329 e. The van der Waals surface area contributed by atoms with Crippen molar-refractivity contribution in [2.45, 2.75) is 57.5 Å². The highest BCUT2D eigenvalue weighted by Crippen LogP contribution is 2.32. The molecular formula is C11H24N2. The smallest absolute Gasteiger partial charge is 0.0331 e. The van der Waals surface area contributed by atoms with E-state index in [0.29, 0.717) is 11.6 Å². The fourth-order valence-corrected chi connectivity index (χ4v) is 2.46. The monoisotopic (exact) mass is 184 g/mol. The molecule has 2 nitrogen and oxygen atoms in total. The zero-order valence-corrected chi connectivity index (χ0v) is 9.34. The molecule has 13 heavy (non-hydrogen) atoms. The van der Waals surface area contributed by atoms with Crippen LogP contribution in [0.4, 0.5) is 0 Å². The second kappa shape index (κ2) is 4.43. The highest BCUT2D eigenvalue weighted by atomic mass is 15.2. The molecule has 0 unspecified atom stereocenters. The summed E-state index contributed by atoms with van der Waals surface area (Å²) in [5, 5.41) is 0. The Morgan fingerprint density at radius 3 is 2.15 bits per heavy atom. The molecule has 0 bridgehead atoms. The van der Waals surface area contributed by atoms with Crippen molar-refractivity contribution in [3.63, 3.8) is 0 Å². The van der Waals surface area contributed by atoms with Gasteiger partial charge < -0.3 is 5.73 Å². The minimum atomic E-state index is 0.312. The van der Waals surface area contributed by atoms with E-state index in [2.05, 4.69) is 25.8 Å². The summed E-state index contributed by atoms with van der Waals surface area (Å²) in [6.07, 6.45) is 6.69. The van der Waals surface area contributed by atoms with E-state index in [0.717, 1.165) is 6.54 Å². The lowest BCUT2D eigenvalue weighted by Gasteiger charge is -2.46. The van der Waals surface area contributed by atoms with E-state index in [9.17, 15) is 0 Å². The molecule has 1 saturated carbocycles. The molecule has 0 aromatic heterocycles. The SMILES string of the molecule is CC(C)N(C)C1(CN)CCCCC1. The van der Waals surface area contributed by atoms with Gasteiger partial charge in [0.05, 0.1) is 0 Å². The highest BCUT2D eigenvalue weighted by Gasteiger charge is 2.35. The van der Waals surface area contributed by atoms with Crippen molar-refractivity contribution in [2.24, 2.45) is 5.73 Å². The van der Waals surface area contributed by atoms with Crippen LogP contribution in [-0.2, 0) is 0 Å². The molecule has 0 aromatic rings. The van der Waals surface area contributed by atoms with Crippen LogP contribution in [0.5, 0.6) is 0 Å². The molecule has 0 heterocycles. The van der Waals surface area contributed by atoms with Crippen LogP contribution in [0, 0.1) is 0 Å². The number of likely N-dealkylation sites (N-methyl/N-ethyl adjacent to an activating group) is 1. The number of hydrogen-bond acceptors (Lipinski definition) is 2. The molecule has 0 saturated heterocycles. The first-order valence-corrected chi connectivity index (χ1v) is 5.55. The summed E-state index contributed by atoms with van der Waals surface area (Å²) in [5.74, 6) is 0. The molecule has 2 heteroatoms. The van der Waals surface area contributed by atoms with Crippen molar-refractivity contribution in [1.29, 1.82) is 0 Å². The Morgan fingerprint density at radius 1 is 1.23 bits per heavy atom. The van der Waals surface area contributed by atoms with Gasteiger partial charge in [-0.3, -0.25) is 4.90 Å². The van der Waals surface area contributed by atoms with Gasteiger partial charge in [-0.2, -0.15) is 0 Å². The molecule has 0 spiro atoms. The summed E-state index contributed by atoms with van der Waals surface area (Å²) in [6.45, 7) is 5.33. The average molecular weight is 184 g/mol. The van der Waals surface area contributed by atoms with Crippen molar-refractivity contribution in [3.8, 4) is 0 Å². The molecule has 0 radical (unpaired) electrons. The van der Waals surface area contributed by atoms with E-state index in [4.69, 9.17) is 5.73 Å². The van der Waals surface area contributed by atoms with Gasteiger partial charge in [-0.1, -0.05) is 19.3 Å². The first-order chi connectivity index (χ1) is 6.12. The van der Waals surface area contributed by atoms with Gasteiger partial charge in [-0.25, -0.2) is 0 Å². The number of nitrogens with two attached hydrogens (primary N) is 1. The van der Waals surface area contributed by atoms with E-state index in [1.807, 2.05) is 0 Å². The molecule has 1 fully saturated rings. The molecule has 0 aliphatic heterocycles. The summed E-state index contributed by atoms with van der Waals surface area (Å²) in [6, 6.07) is 0.613. The first-order valence-electron chi connectivity index (χ1n) is 5.55. The molecular weight excluding hydrogens is 160 g/mol. The predicted octanol–water partition coefficient (Wildman–Crippen LogP) is 1.99. The van der Waals surface area contributed by atoms with Crippen molar-refractivity contribution in [2.75, 3.05) is 13.6 Å². The predicted molar refractivity (Wildman–Crippen MR) is 57.8 cm³/mol. The maximum atomic E-state index is 5.94. The Hall–Kier alpha value is -0.0800. The molecule has 0 aromatic carbocycles. The second-order valence-corrected chi connectivity index (χ2v) is 4.69. The molecule has 0 amide bonds. The molecule has 2 N–H and O–H groups in total. The van der Waals surface area contributed by atoms with Crippen LogP contribution in [0.25, 0.3) is 0 Å². The van der Waals surface area contributed by atoms with Gasteiger partial charge in [0.2, 0.25) is 0 Å². The Bertz CT molecular complexity index is 148. The van der Waals surface area contributed by atoms with E-state index < -0.39 is 0 Å². The second-order valence-electron chi connectivity index (χ2n) is 4.69. The fourth-order valence-electron chi connectivity index (χ4n) is 2.46. The third-order valence-corrected chi connectivity index (χ3v) is 3.69. The van der Waals surface area contributed by atoms with Crippen molar-refractivity contribution >= 4 is 0 Å². The van der Waals surface area contributed by atoms with E-state index in [1.54, 1.807) is 0 Å². The molecule has 78 valence electrons. The Balaban J connectivity index is 2.66. The number of rotatable bonds is 3. The van der Waals surface area contributed by atoms with Crippen LogP contribution in [-0.4, -0.2) is 30.1 Å². The lowest BCUT2D eigenvalue weighted by Crippen LogP contribution is -2.55. The Kier molecular flexibility index (Phi) is 3.74. The van der Waals surface area contributed by atoms with Crippen LogP contribution in [0.1, 0.15) is 46.0 Å². The molecule has 1 aliphatic rings. The van der Waals surface area contributed by atoms with Gasteiger partial charge in [-0.05, 0) is 33.7 Å². The first kappa shape index (κ1) is 11.0. The summed E-state index contributed by atoms with van der Waals surface area (Å²) >= 11 is 0. The van der Waals surface area contributed by atoms with E-state index in [-0.39, 0.29) is 0 Å². The summed E-state index contributed by atoms with van der Waals surface area (Å²) in [7, 11) is 2.23. The quantitative estimate of drug-likeness (QED) is 0.727. The maximum absolute atomic E-state index is 5.94. The Labute approximate surface area is 82.5 Å². The van der Waals surface area contributed by atoms with Crippen LogP contribution >= 0.6 is 0 Å².